The summed E-state index contributed by atoms with van der Waals surface area (Å²) < 4.78 is 5.21. The van der Waals surface area contributed by atoms with Gasteiger partial charge in [0, 0.05) is 0 Å². The maximum atomic E-state index is 12.2. The van der Waals surface area contributed by atoms with Crippen LogP contribution >= 0.6 is 0 Å². The van der Waals surface area contributed by atoms with Crippen molar-refractivity contribution in [3.8, 4) is 0 Å². The first-order chi connectivity index (χ1) is 10.6. The molecule has 22 heavy (non-hydrogen) atoms. The van der Waals surface area contributed by atoms with Crippen molar-refractivity contribution in [2.24, 2.45) is 0 Å². The number of allylic oxidation sites excluding steroid dienone is 1. The van der Waals surface area contributed by atoms with Gasteiger partial charge in [0.05, 0.1) is 11.1 Å². The molecule has 0 unspecified atom stereocenters. The topological polar surface area (TPSA) is 63.6 Å². The van der Waals surface area contributed by atoms with Gasteiger partial charge in [-0.3, -0.25) is 0 Å². The van der Waals surface area contributed by atoms with Crippen LogP contribution in [0.3, 0.4) is 0 Å². The number of esters is 1. The maximum absolute atomic E-state index is 12.2. The molecule has 0 saturated carbocycles. The van der Waals surface area contributed by atoms with E-state index in [-0.39, 0.29) is 17.7 Å². The molecule has 4 nitrogen and oxygen atoms in total. The predicted octanol–water partition coefficient (Wildman–Crippen LogP) is 3.77. The standard InChI is InChI=1S/C18H16O4/c1-2-7-14-10-6-11-15(16(14)17(19)20)18(21)22-12-13-8-4-3-5-9-13/h2-11H,12H2,1H3,(H,19,20)/b7-2+. The van der Waals surface area contributed by atoms with Gasteiger partial charge in [0.2, 0.25) is 0 Å². The molecular weight excluding hydrogens is 280 g/mol. The number of benzene rings is 2. The zero-order valence-electron chi connectivity index (χ0n) is 12.2. The smallest absolute Gasteiger partial charge is 0.339 e. The molecule has 0 radical (unpaired) electrons. The van der Waals surface area contributed by atoms with Crippen LogP contribution in [0.4, 0.5) is 0 Å². The number of carbonyl (C=O) groups excluding carboxylic acids is 1. The lowest BCUT2D eigenvalue weighted by molar-refractivity contribution is 0.0463. The number of carbonyl (C=O) groups is 2. The summed E-state index contributed by atoms with van der Waals surface area (Å²) in [5, 5.41) is 9.37. The Morgan fingerprint density at radius 1 is 1.09 bits per heavy atom. The number of carboxylic acids is 1. The first-order valence-corrected chi connectivity index (χ1v) is 6.83. The Kier molecular flexibility index (Phi) is 5.09. The molecule has 0 atom stereocenters. The van der Waals surface area contributed by atoms with Crippen molar-refractivity contribution in [2.75, 3.05) is 0 Å². The first-order valence-electron chi connectivity index (χ1n) is 6.83. The van der Waals surface area contributed by atoms with Crippen molar-refractivity contribution in [1.29, 1.82) is 0 Å². The van der Waals surface area contributed by atoms with Gasteiger partial charge in [-0.1, -0.05) is 54.6 Å². The van der Waals surface area contributed by atoms with Gasteiger partial charge in [0.1, 0.15) is 6.61 Å². The highest BCUT2D eigenvalue weighted by Gasteiger charge is 2.20. The molecule has 0 bridgehead atoms. The number of carboxylic acid groups (broad SMARTS) is 1. The van der Waals surface area contributed by atoms with Crippen molar-refractivity contribution < 1.29 is 19.4 Å². The molecule has 0 heterocycles. The Morgan fingerprint density at radius 2 is 1.82 bits per heavy atom. The summed E-state index contributed by atoms with van der Waals surface area (Å²) in [7, 11) is 0. The fourth-order valence-electron chi connectivity index (χ4n) is 2.10. The Balaban J connectivity index is 2.25. The quantitative estimate of drug-likeness (QED) is 0.853. The van der Waals surface area contributed by atoms with E-state index in [1.165, 1.54) is 6.07 Å². The average molecular weight is 296 g/mol. The lowest BCUT2D eigenvalue weighted by atomic mass is 10.0. The molecule has 0 amide bonds. The summed E-state index contributed by atoms with van der Waals surface area (Å²) in [5.74, 6) is -1.80. The second-order valence-corrected chi connectivity index (χ2v) is 4.64. The van der Waals surface area contributed by atoms with Crippen molar-refractivity contribution in [3.63, 3.8) is 0 Å². The molecular formula is C18H16O4. The molecule has 0 aliphatic carbocycles. The van der Waals surface area contributed by atoms with E-state index in [2.05, 4.69) is 0 Å². The van der Waals surface area contributed by atoms with Crippen LogP contribution in [0.1, 0.15) is 38.8 Å². The highest BCUT2D eigenvalue weighted by Crippen LogP contribution is 2.18. The summed E-state index contributed by atoms with van der Waals surface area (Å²) in [6.07, 6.45) is 3.37. The van der Waals surface area contributed by atoms with Crippen molar-refractivity contribution in [2.45, 2.75) is 13.5 Å². The molecule has 0 aliphatic heterocycles. The maximum Gasteiger partial charge on any atom is 0.339 e. The van der Waals surface area contributed by atoms with E-state index < -0.39 is 11.9 Å². The third kappa shape index (κ3) is 3.61. The minimum atomic E-state index is -1.15. The summed E-state index contributed by atoms with van der Waals surface area (Å²) >= 11 is 0. The van der Waals surface area contributed by atoms with Gasteiger partial charge in [0.25, 0.3) is 0 Å². The van der Waals surface area contributed by atoms with Gasteiger partial charge < -0.3 is 9.84 Å². The highest BCUT2D eigenvalue weighted by atomic mass is 16.5. The Hall–Kier alpha value is -2.88. The number of aromatic carboxylic acids is 1. The predicted molar refractivity (Wildman–Crippen MR) is 83.7 cm³/mol. The largest absolute Gasteiger partial charge is 0.478 e. The van der Waals surface area contributed by atoms with Gasteiger partial charge in [-0.2, -0.15) is 0 Å². The van der Waals surface area contributed by atoms with E-state index in [1.54, 1.807) is 31.2 Å². The minimum absolute atomic E-state index is 0.0429. The molecule has 0 fully saturated rings. The monoisotopic (exact) mass is 296 g/mol. The summed E-state index contributed by atoms with van der Waals surface area (Å²) in [6, 6.07) is 14.0. The molecule has 112 valence electrons. The molecule has 0 saturated heterocycles. The summed E-state index contributed by atoms with van der Waals surface area (Å²) in [6.45, 7) is 1.89. The van der Waals surface area contributed by atoms with Crippen molar-refractivity contribution >= 4 is 18.0 Å². The fraction of sp³-hybridized carbons (Fsp3) is 0.111. The van der Waals surface area contributed by atoms with Crippen LogP contribution in [-0.2, 0) is 11.3 Å². The first kappa shape index (κ1) is 15.5. The molecule has 0 aromatic heterocycles. The van der Waals surface area contributed by atoms with Gasteiger partial charge in [-0.05, 0) is 24.1 Å². The van der Waals surface area contributed by atoms with Crippen molar-refractivity contribution in [1.82, 2.24) is 0 Å². The number of hydrogen-bond acceptors (Lipinski definition) is 3. The lowest BCUT2D eigenvalue weighted by Crippen LogP contribution is -2.13. The number of rotatable bonds is 5. The van der Waals surface area contributed by atoms with E-state index in [4.69, 9.17) is 4.74 Å². The zero-order chi connectivity index (χ0) is 15.9. The minimum Gasteiger partial charge on any atom is -0.478 e. The Bertz CT molecular complexity index is 702. The van der Waals surface area contributed by atoms with Crippen LogP contribution in [0.2, 0.25) is 0 Å². The van der Waals surface area contributed by atoms with Crippen LogP contribution in [0.25, 0.3) is 6.08 Å². The molecule has 4 heteroatoms. The molecule has 0 spiro atoms. The van der Waals surface area contributed by atoms with Gasteiger partial charge in [0.15, 0.2) is 0 Å². The Morgan fingerprint density at radius 3 is 2.45 bits per heavy atom. The van der Waals surface area contributed by atoms with Crippen molar-refractivity contribution in [3.05, 3.63) is 76.9 Å². The van der Waals surface area contributed by atoms with Gasteiger partial charge in [-0.25, -0.2) is 9.59 Å². The van der Waals surface area contributed by atoms with Crippen LogP contribution in [0.15, 0.2) is 54.6 Å². The van der Waals surface area contributed by atoms with E-state index in [0.717, 1.165) is 5.56 Å². The molecule has 2 aromatic carbocycles. The lowest BCUT2D eigenvalue weighted by Gasteiger charge is -2.09. The highest BCUT2D eigenvalue weighted by molar-refractivity contribution is 6.04. The second-order valence-electron chi connectivity index (χ2n) is 4.64. The number of ether oxygens (including phenoxy) is 1. The second kappa shape index (κ2) is 7.22. The zero-order valence-corrected chi connectivity index (χ0v) is 12.2. The average Bonchev–Trinajstić information content (AvgIpc) is 2.53. The van der Waals surface area contributed by atoms with E-state index in [1.807, 2.05) is 30.3 Å². The van der Waals surface area contributed by atoms with Gasteiger partial charge >= 0.3 is 11.9 Å². The Labute approximate surface area is 128 Å². The van der Waals surface area contributed by atoms with Crippen LogP contribution < -0.4 is 0 Å². The fourth-order valence-corrected chi connectivity index (χ4v) is 2.10. The van der Waals surface area contributed by atoms with E-state index in [9.17, 15) is 14.7 Å². The molecule has 2 rings (SSSR count). The summed E-state index contributed by atoms with van der Waals surface area (Å²) in [5.41, 5.74) is 1.33. The van der Waals surface area contributed by atoms with Crippen LogP contribution in [-0.4, -0.2) is 17.0 Å². The van der Waals surface area contributed by atoms with E-state index in [0.29, 0.717) is 5.56 Å². The molecule has 0 aliphatic rings. The van der Waals surface area contributed by atoms with E-state index >= 15 is 0 Å². The molecule has 1 N–H and O–H groups in total. The van der Waals surface area contributed by atoms with Gasteiger partial charge in [-0.15, -0.1) is 0 Å². The third-order valence-corrected chi connectivity index (χ3v) is 3.09. The molecule has 2 aromatic rings. The number of hydrogen-bond donors (Lipinski definition) is 1. The van der Waals surface area contributed by atoms with Crippen LogP contribution in [0.5, 0.6) is 0 Å². The SMILES string of the molecule is C/C=C/c1cccc(C(=O)OCc2ccccc2)c1C(=O)O. The summed E-state index contributed by atoms with van der Waals surface area (Å²) in [4.78, 5) is 23.6. The normalized spacial score (nSPS) is 10.6. The van der Waals surface area contributed by atoms with Crippen LogP contribution in [0, 0.1) is 0 Å². The third-order valence-electron chi connectivity index (χ3n) is 3.09.